The van der Waals surface area contributed by atoms with Crippen molar-refractivity contribution in [1.29, 1.82) is 0 Å². The fraction of sp³-hybridized carbons (Fsp3) is 0.0909. The molecule has 2 N–H and O–H groups in total. The standard InChI is InChI=1S/C22H17Cl2FN2O4/c1-30-20-8-5-13(9-21(20)31-12-16-17(23)3-2-4-19(16)25)11-26-27-14-6-7-18(24)15(10-14)22(28)29/h2-11,27H,12H2,1H3,(H,28,29). The van der Waals surface area contributed by atoms with Crippen molar-refractivity contribution in [3.63, 3.8) is 0 Å². The first kappa shape index (κ1) is 22.4. The summed E-state index contributed by atoms with van der Waals surface area (Å²) in [7, 11) is 1.49. The van der Waals surface area contributed by atoms with E-state index in [4.69, 9.17) is 37.8 Å². The molecule has 3 aromatic carbocycles. The van der Waals surface area contributed by atoms with Crippen LogP contribution < -0.4 is 14.9 Å². The quantitative estimate of drug-likeness (QED) is 0.323. The summed E-state index contributed by atoms with van der Waals surface area (Å²) in [6, 6.07) is 14.0. The van der Waals surface area contributed by atoms with Gasteiger partial charge < -0.3 is 14.6 Å². The number of hydrazone groups is 1. The second kappa shape index (κ2) is 10.1. The van der Waals surface area contributed by atoms with Gasteiger partial charge in [0.1, 0.15) is 12.4 Å². The molecule has 0 aliphatic rings. The fourth-order valence-electron chi connectivity index (χ4n) is 2.65. The normalized spacial score (nSPS) is 10.8. The van der Waals surface area contributed by atoms with Crippen LogP contribution in [0.2, 0.25) is 10.0 Å². The van der Waals surface area contributed by atoms with Crippen LogP contribution in [0.25, 0.3) is 0 Å². The average molecular weight is 463 g/mol. The van der Waals surface area contributed by atoms with E-state index in [1.807, 2.05) is 0 Å². The number of ether oxygens (including phenoxy) is 2. The van der Waals surface area contributed by atoms with E-state index >= 15 is 0 Å². The average Bonchev–Trinajstić information content (AvgIpc) is 2.74. The first-order valence-electron chi connectivity index (χ1n) is 8.94. The van der Waals surface area contributed by atoms with Crippen molar-refractivity contribution in [2.24, 2.45) is 5.10 Å². The first-order valence-corrected chi connectivity index (χ1v) is 9.70. The highest BCUT2D eigenvalue weighted by atomic mass is 35.5. The molecule has 0 aromatic heterocycles. The summed E-state index contributed by atoms with van der Waals surface area (Å²) in [5.74, 6) is -0.756. The van der Waals surface area contributed by atoms with Gasteiger partial charge in [-0.1, -0.05) is 29.3 Å². The smallest absolute Gasteiger partial charge is 0.337 e. The Morgan fingerprint density at radius 3 is 2.65 bits per heavy atom. The van der Waals surface area contributed by atoms with Crippen LogP contribution in [0, 0.1) is 5.82 Å². The minimum atomic E-state index is -1.13. The third-order valence-corrected chi connectivity index (χ3v) is 4.91. The second-order valence-electron chi connectivity index (χ2n) is 6.27. The summed E-state index contributed by atoms with van der Waals surface area (Å²) in [6.45, 7) is -0.0799. The molecule has 0 saturated heterocycles. The molecular formula is C22H17Cl2FN2O4. The number of carboxylic acid groups (broad SMARTS) is 1. The Hall–Kier alpha value is -3.29. The van der Waals surface area contributed by atoms with Crippen molar-refractivity contribution in [2.75, 3.05) is 12.5 Å². The number of nitrogens with zero attached hydrogens (tertiary/aromatic N) is 1. The van der Waals surface area contributed by atoms with Gasteiger partial charge in [0.05, 0.1) is 34.6 Å². The van der Waals surface area contributed by atoms with E-state index in [1.165, 1.54) is 37.6 Å². The highest BCUT2D eigenvalue weighted by molar-refractivity contribution is 6.33. The summed E-state index contributed by atoms with van der Waals surface area (Å²) in [6.07, 6.45) is 1.51. The van der Waals surface area contributed by atoms with Gasteiger partial charge >= 0.3 is 5.97 Å². The number of nitrogens with one attached hydrogen (secondary N) is 1. The van der Waals surface area contributed by atoms with Crippen LogP contribution in [0.1, 0.15) is 21.5 Å². The van der Waals surface area contributed by atoms with Gasteiger partial charge in [-0.3, -0.25) is 5.43 Å². The van der Waals surface area contributed by atoms with Gasteiger partial charge in [-0.05, 0) is 54.1 Å². The van der Waals surface area contributed by atoms with Crippen molar-refractivity contribution < 1.29 is 23.8 Å². The van der Waals surface area contributed by atoms with E-state index in [9.17, 15) is 9.18 Å². The Bertz CT molecular complexity index is 1120. The van der Waals surface area contributed by atoms with Crippen molar-refractivity contribution in [1.82, 2.24) is 0 Å². The molecule has 0 aliphatic carbocycles. The van der Waals surface area contributed by atoms with Crippen LogP contribution in [0.15, 0.2) is 59.7 Å². The molecule has 0 bridgehead atoms. The zero-order valence-electron chi connectivity index (χ0n) is 16.2. The predicted molar refractivity (Wildman–Crippen MR) is 118 cm³/mol. The molecule has 0 unspecified atom stereocenters. The Labute approximate surface area is 187 Å². The summed E-state index contributed by atoms with van der Waals surface area (Å²) in [5, 5.41) is 13.6. The Balaban J connectivity index is 1.74. The highest BCUT2D eigenvalue weighted by Crippen LogP contribution is 2.30. The summed E-state index contributed by atoms with van der Waals surface area (Å²) < 4.78 is 25.0. The minimum Gasteiger partial charge on any atom is -0.493 e. The van der Waals surface area contributed by atoms with Gasteiger partial charge in [-0.2, -0.15) is 5.10 Å². The summed E-state index contributed by atoms with van der Waals surface area (Å²) in [4.78, 5) is 11.2. The number of carbonyl (C=O) groups is 1. The van der Waals surface area contributed by atoms with Crippen LogP contribution in [-0.2, 0) is 6.61 Å². The number of rotatable bonds is 8. The molecule has 0 fully saturated rings. The third-order valence-electron chi connectivity index (χ3n) is 4.23. The largest absolute Gasteiger partial charge is 0.493 e. The van der Waals surface area contributed by atoms with Crippen molar-refractivity contribution in [2.45, 2.75) is 6.61 Å². The number of aromatic carboxylic acids is 1. The molecule has 0 atom stereocenters. The van der Waals surface area contributed by atoms with Crippen LogP contribution in [-0.4, -0.2) is 24.4 Å². The Kier molecular flexibility index (Phi) is 7.33. The molecule has 3 rings (SSSR count). The molecular weight excluding hydrogens is 446 g/mol. The van der Waals surface area contributed by atoms with E-state index < -0.39 is 11.8 Å². The zero-order valence-corrected chi connectivity index (χ0v) is 17.7. The van der Waals surface area contributed by atoms with Crippen molar-refractivity contribution >= 4 is 41.1 Å². The lowest BCUT2D eigenvalue weighted by Gasteiger charge is -2.12. The van der Waals surface area contributed by atoms with E-state index in [-0.39, 0.29) is 27.8 Å². The molecule has 0 amide bonds. The lowest BCUT2D eigenvalue weighted by Crippen LogP contribution is -2.02. The van der Waals surface area contributed by atoms with Crippen LogP contribution >= 0.6 is 23.2 Å². The Morgan fingerprint density at radius 2 is 1.94 bits per heavy atom. The molecule has 0 heterocycles. The molecule has 0 aliphatic heterocycles. The molecule has 160 valence electrons. The molecule has 9 heteroatoms. The van der Waals surface area contributed by atoms with E-state index in [0.717, 1.165) is 0 Å². The molecule has 6 nitrogen and oxygen atoms in total. The van der Waals surface area contributed by atoms with E-state index in [2.05, 4.69) is 10.5 Å². The second-order valence-corrected chi connectivity index (χ2v) is 7.08. The molecule has 0 radical (unpaired) electrons. The van der Waals surface area contributed by atoms with E-state index in [0.29, 0.717) is 22.7 Å². The molecule has 31 heavy (non-hydrogen) atoms. The third kappa shape index (κ3) is 5.65. The van der Waals surface area contributed by atoms with Crippen molar-refractivity contribution in [3.8, 4) is 11.5 Å². The summed E-state index contributed by atoms with van der Waals surface area (Å²) >= 11 is 11.9. The lowest BCUT2D eigenvalue weighted by atomic mass is 10.2. The Morgan fingerprint density at radius 1 is 1.13 bits per heavy atom. The minimum absolute atomic E-state index is 0.0335. The van der Waals surface area contributed by atoms with Crippen LogP contribution in [0.5, 0.6) is 11.5 Å². The maximum Gasteiger partial charge on any atom is 0.337 e. The number of benzene rings is 3. The monoisotopic (exact) mass is 462 g/mol. The van der Waals surface area contributed by atoms with Gasteiger partial charge in [0.2, 0.25) is 0 Å². The van der Waals surface area contributed by atoms with Gasteiger partial charge in [-0.25, -0.2) is 9.18 Å². The van der Waals surface area contributed by atoms with Crippen molar-refractivity contribution in [3.05, 3.63) is 87.2 Å². The highest BCUT2D eigenvalue weighted by Gasteiger charge is 2.11. The number of anilines is 1. The molecule has 0 saturated carbocycles. The maximum absolute atomic E-state index is 14.0. The zero-order chi connectivity index (χ0) is 22.4. The topological polar surface area (TPSA) is 80.2 Å². The lowest BCUT2D eigenvalue weighted by molar-refractivity contribution is 0.0697. The van der Waals surface area contributed by atoms with Gasteiger partial charge in [0.25, 0.3) is 0 Å². The van der Waals surface area contributed by atoms with E-state index in [1.54, 1.807) is 30.3 Å². The van der Waals surface area contributed by atoms with Crippen LogP contribution in [0.4, 0.5) is 10.1 Å². The summed E-state index contributed by atoms with van der Waals surface area (Å²) in [5.41, 5.74) is 4.07. The number of hydrogen-bond acceptors (Lipinski definition) is 5. The van der Waals surface area contributed by atoms with Gasteiger partial charge in [-0.15, -0.1) is 0 Å². The van der Waals surface area contributed by atoms with Crippen LogP contribution in [0.3, 0.4) is 0 Å². The maximum atomic E-state index is 14.0. The van der Waals surface area contributed by atoms with Gasteiger partial charge in [0, 0.05) is 5.56 Å². The number of halogens is 3. The molecule has 3 aromatic rings. The van der Waals surface area contributed by atoms with Gasteiger partial charge in [0.15, 0.2) is 11.5 Å². The predicted octanol–water partition coefficient (Wildman–Crippen LogP) is 5.86. The number of methoxy groups -OCH3 is 1. The molecule has 0 spiro atoms. The number of hydrogen-bond donors (Lipinski definition) is 2. The first-order chi connectivity index (χ1) is 14.9. The SMILES string of the molecule is COc1ccc(C=NNc2ccc(Cl)c(C(=O)O)c2)cc1OCc1c(F)cccc1Cl. The fourth-order valence-corrected chi connectivity index (χ4v) is 3.06. The number of carboxylic acids is 1.